The van der Waals surface area contributed by atoms with Gasteiger partial charge in [0.25, 0.3) is 0 Å². The fourth-order valence-electron chi connectivity index (χ4n) is 2.88. The van der Waals surface area contributed by atoms with Crippen LogP contribution in [0.1, 0.15) is 51.5 Å². The molecule has 0 radical (unpaired) electrons. The number of aliphatic hydroxyl groups excluding tert-OH is 1. The van der Waals surface area contributed by atoms with Gasteiger partial charge >= 0.3 is 0 Å². The molecule has 0 heterocycles. The minimum atomic E-state index is -0.817. The van der Waals surface area contributed by atoms with Crippen LogP contribution in [0.5, 0.6) is 0 Å². The van der Waals surface area contributed by atoms with Gasteiger partial charge in [-0.15, -0.1) is 11.8 Å². The number of amides is 1. The molecule has 3 N–H and O–H groups in total. The van der Waals surface area contributed by atoms with Gasteiger partial charge in [0.15, 0.2) is 0 Å². The average molecular weight is 383 g/mol. The number of aliphatic hydroxyl groups is 1. The second kappa shape index (κ2) is 11.2. The first-order valence-corrected chi connectivity index (χ1v) is 10.0. The molecule has 2 rings (SSSR count). The highest BCUT2D eigenvalue weighted by Gasteiger charge is 2.41. The third kappa shape index (κ3) is 7.33. The van der Waals surface area contributed by atoms with E-state index >= 15 is 0 Å². The van der Waals surface area contributed by atoms with Crippen molar-refractivity contribution in [1.82, 2.24) is 0 Å². The maximum atomic E-state index is 11.4. The van der Waals surface area contributed by atoms with Crippen LogP contribution in [0.3, 0.4) is 0 Å². The summed E-state index contributed by atoms with van der Waals surface area (Å²) in [5.74, 6) is -1.21. The maximum Gasteiger partial charge on any atom is 0.227 e. The lowest BCUT2D eigenvalue weighted by molar-refractivity contribution is -0.532. The number of primary amides is 1. The molecule has 0 aromatic heterocycles. The van der Waals surface area contributed by atoms with Crippen LogP contribution in [0.15, 0.2) is 29.2 Å². The summed E-state index contributed by atoms with van der Waals surface area (Å²) in [6.45, 7) is 5.99. The largest absolute Gasteiger partial charge is 0.393 e. The smallest absolute Gasteiger partial charge is 0.227 e. The second-order valence-electron chi connectivity index (χ2n) is 6.70. The Hall–Kier alpha value is -1.60. The summed E-state index contributed by atoms with van der Waals surface area (Å²) in [5, 5.41) is 19.8. The molecule has 1 aromatic carbocycles. The molecule has 1 fully saturated rings. The summed E-state index contributed by atoms with van der Waals surface area (Å²) in [6, 6.07) is 7.34. The standard InChI is InChI=1S/C14H18N2O3S.C5H12O/c1-9-2-4-10(5-3-9)20-11-6-7-13(16(18)19)12(8-11)14(15)17;1-3-5(6)4-2/h2-5,11-13H,6-8H2,1H3,(H2,15,17);5-6H,3-4H2,1-2H3/t11-,12+,13+;/m1./s1. The first kappa shape index (κ1) is 22.4. The third-order valence-corrected chi connectivity index (χ3v) is 5.97. The van der Waals surface area contributed by atoms with E-state index in [1.807, 2.05) is 45.0 Å². The molecule has 0 aliphatic heterocycles. The molecule has 0 saturated heterocycles. The van der Waals surface area contributed by atoms with Crippen molar-refractivity contribution in [2.24, 2.45) is 11.7 Å². The van der Waals surface area contributed by atoms with Crippen LogP contribution in [0.25, 0.3) is 0 Å². The fourth-order valence-corrected chi connectivity index (χ4v) is 4.11. The molecule has 3 atom stereocenters. The van der Waals surface area contributed by atoms with E-state index in [1.165, 1.54) is 5.56 Å². The Labute approximate surface area is 159 Å². The summed E-state index contributed by atoms with van der Waals surface area (Å²) < 4.78 is 0. The Balaban J connectivity index is 0.000000487. The van der Waals surface area contributed by atoms with Crippen molar-refractivity contribution in [3.8, 4) is 0 Å². The lowest BCUT2D eigenvalue weighted by atomic mass is 9.84. The Kier molecular flexibility index (Phi) is 9.65. The van der Waals surface area contributed by atoms with Gasteiger partial charge in [-0.2, -0.15) is 0 Å². The zero-order valence-electron chi connectivity index (χ0n) is 15.8. The minimum absolute atomic E-state index is 0.0648. The van der Waals surface area contributed by atoms with Gasteiger partial charge in [-0.25, -0.2) is 0 Å². The fraction of sp³-hybridized carbons (Fsp3) is 0.632. The Morgan fingerprint density at radius 1 is 1.31 bits per heavy atom. The molecule has 1 aliphatic rings. The van der Waals surface area contributed by atoms with E-state index in [0.717, 1.165) is 24.2 Å². The number of nitrogens with two attached hydrogens (primary N) is 1. The molecule has 1 amide bonds. The van der Waals surface area contributed by atoms with Gasteiger partial charge < -0.3 is 10.8 Å². The van der Waals surface area contributed by atoms with Crippen LogP contribution < -0.4 is 5.73 Å². The van der Waals surface area contributed by atoms with Crippen LogP contribution >= 0.6 is 11.8 Å². The third-order valence-electron chi connectivity index (χ3n) is 4.67. The lowest BCUT2D eigenvalue weighted by Crippen LogP contribution is -2.43. The zero-order chi connectivity index (χ0) is 19.7. The first-order chi connectivity index (χ1) is 12.3. The highest BCUT2D eigenvalue weighted by Crippen LogP contribution is 2.37. The van der Waals surface area contributed by atoms with E-state index in [0.29, 0.717) is 12.8 Å². The number of nitrogens with zero attached hydrogens (tertiary/aromatic N) is 1. The van der Waals surface area contributed by atoms with E-state index in [2.05, 4.69) is 0 Å². The molecule has 0 bridgehead atoms. The molecule has 6 nitrogen and oxygen atoms in total. The number of rotatable bonds is 6. The number of thioether (sulfide) groups is 1. The molecule has 0 spiro atoms. The molecular formula is C19H30N2O4S. The number of carbonyl (C=O) groups is 1. The number of hydrogen-bond acceptors (Lipinski definition) is 5. The molecule has 146 valence electrons. The molecule has 0 unspecified atom stereocenters. The number of nitro groups is 1. The van der Waals surface area contributed by atoms with Gasteiger partial charge in [-0.3, -0.25) is 14.9 Å². The van der Waals surface area contributed by atoms with Crippen LogP contribution in [0.2, 0.25) is 0 Å². The second-order valence-corrected chi connectivity index (χ2v) is 8.07. The molecule has 7 heteroatoms. The van der Waals surface area contributed by atoms with Crippen molar-refractivity contribution in [2.75, 3.05) is 0 Å². The van der Waals surface area contributed by atoms with Gasteiger partial charge in [0.05, 0.1) is 6.10 Å². The molecule has 26 heavy (non-hydrogen) atoms. The SMILES string of the molecule is CCC(O)CC.Cc1ccc(S[C@@H]2CC[C@H]([N+](=O)[O-])[C@@H](C(N)=O)C2)cc1. The predicted octanol–water partition coefficient (Wildman–Crippen LogP) is 3.55. The lowest BCUT2D eigenvalue weighted by Gasteiger charge is -2.29. The van der Waals surface area contributed by atoms with E-state index in [9.17, 15) is 14.9 Å². The van der Waals surface area contributed by atoms with E-state index in [4.69, 9.17) is 10.8 Å². The first-order valence-electron chi connectivity index (χ1n) is 9.12. The summed E-state index contributed by atoms with van der Waals surface area (Å²) in [4.78, 5) is 23.2. The Bertz CT molecular complexity index is 575. The number of hydrogen-bond donors (Lipinski definition) is 2. The van der Waals surface area contributed by atoms with Crippen molar-refractivity contribution in [2.45, 2.75) is 75.2 Å². The number of benzene rings is 1. The minimum Gasteiger partial charge on any atom is -0.393 e. The molecule has 1 aliphatic carbocycles. The van der Waals surface area contributed by atoms with Gasteiger partial charge in [0, 0.05) is 21.5 Å². The molecule has 1 aromatic rings. The topological polar surface area (TPSA) is 106 Å². The summed E-state index contributed by atoms with van der Waals surface area (Å²) in [5.41, 5.74) is 6.51. The Morgan fingerprint density at radius 2 is 1.88 bits per heavy atom. The number of carbonyl (C=O) groups excluding carboxylic acids is 1. The predicted molar refractivity (Wildman–Crippen MR) is 105 cm³/mol. The van der Waals surface area contributed by atoms with Crippen molar-refractivity contribution in [3.05, 3.63) is 39.9 Å². The van der Waals surface area contributed by atoms with Gasteiger partial charge in [-0.1, -0.05) is 31.5 Å². The van der Waals surface area contributed by atoms with Crippen molar-refractivity contribution in [3.63, 3.8) is 0 Å². The van der Waals surface area contributed by atoms with Crippen LogP contribution in [0, 0.1) is 23.0 Å². The normalized spacial score (nSPS) is 22.4. The van der Waals surface area contributed by atoms with Crippen LogP contribution in [-0.2, 0) is 4.79 Å². The zero-order valence-corrected chi connectivity index (χ0v) is 16.6. The average Bonchev–Trinajstić information content (AvgIpc) is 2.63. The van der Waals surface area contributed by atoms with Crippen molar-refractivity contribution >= 4 is 17.7 Å². The van der Waals surface area contributed by atoms with Crippen molar-refractivity contribution in [1.29, 1.82) is 0 Å². The highest BCUT2D eigenvalue weighted by molar-refractivity contribution is 8.00. The molecule has 1 saturated carbocycles. The van der Waals surface area contributed by atoms with Crippen LogP contribution in [0.4, 0.5) is 0 Å². The van der Waals surface area contributed by atoms with Gasteiger partial charge in [0.1, 0.15) is 5.92 Å². The maximum absolute atomic E-state index is 11.4. The monoisotopic (exact) mass is 382 g/mol. The molecular weight excluding hydrogens is 352 g/mol. The van der Waals surface area contributed by atoms with E-state index < -0.39 is 17.9 Å². The summed E-state index contributed by atoms with van der Waals surface area (Å²) >= 11 is 1.68. The summed E-state index contributed by atoms with van der Waals surface area (Å²) in [7, 11) is 0. The van der Waals surface area contributed by atoms with Crippen LogP contribution in [-0.4, -0.2) is 33.3 Å². The Morgan fingerprint density at radius 3 is 2.31 bits per heavy atom. The highest BCUT2D eigenvalue weighted by atomic mass is 32.2. The van der Waals surface area contributed by atoms with E-state index in [1.54, 1.807) is 11.8 Å². The van der Waals surface area contributed by atoms with Gasteiger partial charge in [-0.05, 0) is 44.7 Å². The van der Waals surface area contributed by atoms with Crippen molar-refractivity contribution < 1.29 is 14.8 Å². The quantitative estimate of drug-likeness (QED) is 0.578. The number of aryl methyl sites for hydroxylation is 1. The van der Waals surface area contributed by atoms with E-state index in [-0.39, 0.29) is 16.3 Å². The van der Waals surface area contributed by atoms with Gasteiger partial charge in [0.2, 0.25) is 11.9 Å². The summed E-state index contributed by atoms with van der Waals surface area (Å²) in [6.07, 6.45) is 3.36.